The van der Waals surface area contributed by atoms with E-state index in [1.165, 1.54) is 5.56 Å². The minimum atomic E-state index is 0.299. The number of hydrogen-bond donors (Lipinski definition) is 1. The Bertz CT molecular complexity index is 495. The van der Waals surface area contributed by atoms with Crippen LogP contribution in [0.2, 0.25) is 0 Å². The summed E-state index contributed by atoms with van der Waals surface area (Å²) in [6.45, 7) is 2.01. The summed E-state index contributed by atoms with van der Waals surface area (Å²) in [6, 6.07) is 15.6. The second-order valence-electron chi connectivity index (χ2n) is 3.67. The average Bonchev–Trinajstić information content (AvgIpc) is 2.31. The van der Waals surface area contributed by atoms with Crippen LogP contribution in [-0.2, 0) is 0 Å². The Morgan fingerprint density at radius 3 is 2.38 bits per heavy atom. The normalized spacial score (nSPS) is 10.8. The summed E-state index contributed by atoms with van der Waals surface area (Å²) in [4.78, 5) is 0. The minimum Gasteiger partial charge on any atom is -0.508 e. The molecule has 0 aromatic heterocycles. The van der Waals surface area contributed by atoms with Crippen LogP contribution in [-0.4, -0.2) is 5.11 Å². The van der Waals surface area contributed by atoms with Crippen molar-refractivity contribution < 1.29 is 5.11 Å². The minimum absolute atomic E-state index is 0.299. The first kappa shape index (κ1) is 10.5. The maximum atomic E-state index is 9.23. The van der Waals surface area contributed by atoms with Gasteiger partial charge in [0.15, 0.2) is 0 Å². The van der Waals surface area contributed by atoms with Gasteiger partial charge in [-0.05, 0) is 41.8 Å². The molecule has 0 aliphatic rings. The van der Waals surface area contributed by atoms with Gasteiger partial charge < -0.3 is 5.11 Å². The van der Waals surface area contributed by atoms with Crippen LogP contribution in [0, 0.1) is 0 Å². The van der Waals surface area contributed by atoms with Crippen LogP contribution in [0.4, 0.5) is 0 Å². The van der Waals surface area contributed by atoms with Gasteiger partial charge in [0.05, 0.1) is 0 Å². The van der Waals surface area contributed by atoms with Crippen LogP contribution in [0.25, 0.3) is 17.2 Å². The quantitative estimate of drug-likeness (QED) is 0.791. The number of benzene rings is 2. The molecule has 2 aromatic carbocycles. The Morgan fingerprint density at radius 2 is 1.69 bits per heavy atom. The van der Waals surface area contributed by atoms with Crippen molar-refractivity contribution in [3.05, 3.63) is 60.2 Å². The summed E-state index contributed by atoms with van der Waals surface area (Å²) < 4.78 is 0. The molecule has 0 atom stereocenters. The highest BCUT2D eigenvalue weighted by Gasteiger charge is 1.97. The van der Waals surface area contributed by atoms with E-state index in [9.17, 15) is 5.11 Å². The Balaban J connectivity index is 2.40. The molecular formula is C15H14O. The maximum absolute atomic E-state index is 9.23. The SMILES string of the molecule is C/C=C/c1cccc(-c2ccc(O)cc2)c1. The van der Waals surface area contributed by atoms with Gasteiger partial charge in [0, 0.05) is 0 Å². The molecule has 0 saturated carbocycles. The molecule has 0 aliphatic heterocycles. The molecule has 0 unspecified atom stereocenters. The predicted octanol–water partition coefficient (Wildman–Crippen LogP) is 4.09. The Morgan fingerprint density at radius 1 is 0.938 bits per heavy atom. The molecule has 2 aromatic rings. The first-order chi connectivity index (χ1) is 7.79. The molecule has 2 rings (SSSR count). The number of phenols is 1. The molecule has 0 bridgehead atoms. The summed E-state index contributed by atoms with van der Waals surface area (Å²) in [7, 11) is 0. The largest absolute Gasteiger partial charge is 0.508 e. The molecule has 80 valence electrons. The molecule has 1 heteroatoms. The number of phenolic OH excluding ortho intramolecular Hbond substituents is 1. The van der Waals surface area contributed by atoms with Crippen LogP contribution in [0.5, 0.6) is 5.75 Å². The predicted molar refractivity (Wildman–Crippen MR) is 68.3 cm³/mol. The van der Waals surface area contributed by atoms with E-state index in [1.807, 2.05) is 31.2 Å². The molecule has 0 heterocycles. The van der Waals surface area contributed by atoms with Crippen molar-refractivity contribution in [2.45, 2.75) is 6.92 Å². The molecular weight excluding hydrogens is 196 g/mol. The fraction of sp³-hybridized carbons (Fsp3) is 0.0667. The third-order valence-corrected chi connectivity index (χ3v) is 2.45. The van der Waals surface area contributed by atoms with E-state index in [1.54, 1.807) is 12.1 Å². The molecule has 0 aliphatic carbocycles. The van der Waals surface area contributed by atoms with Gasteiger partial charge in [-0.2, -0.15) is 0 Å². The van der Waals surface area contributed by atoms with Gasteiger partial charge in [-0.15, -0.1) is 0 Å². The lowest BCUT2D eigenvalue weighted by Gasteiger charge is -2.03. The first-order valence-electron chi connectivity index (χ1n) is 5.32. The van der Waals surface area contributed by atoms with Crippen LogP contribution in [0.1, 0.15) is 12.5 Å². The van der Waals surface area contributed by atoms with Crippen LogP contribution >= 0.6 is 0 Å². The van der Waals surface area contributed by atoms with E-state index >= 15 is 0 Å². The van der Waals surface area contributed by atoms with E-state index in [2.05, 4.69) is 24.3 Å². The summed E-state index contributed by atoms with van der Waals surface area (Å²) in [5.41, 5.74) is 3.47. The summed E-state index contributed by atoms with van der Waals surface area (Å²) >= 11 is 0. The van der Waals surface area contributed by atoms with E-state index in [0.717, 1.165) is 11.1 Å². The van der Waals surface area contributed by atoms with E-state index in [4.69, 9.17) is 0 Å². The zero-order valence-electron chi connectivity index (χ0n) is 9.22. The molecule has 0 radical (unpaired) electrons. The summed E-state index contributed by atoms with van der Waals surface area (Å²) in [5.74, 6) is 0.299. The van der Waals surface area contributed by atoms with Crippen molar-refractivity contribution >= 4 is 6.08 Å². The fourth-order valence-electron chi connectivity index (χ4n) is 1.67. The topological polar surface area (TPSA) is 20.2 Å². The van der Waals surface area contributed by atoms with Crippen LogP contribution in [0.15, 0.2) is 54.6 Å². The van der Waals surface area contributed by atoms with E-state index in [0.29, 0.717) is 5.75 Å². The Kier molecular flexibility index (Phi) is 3.06. The van der Waals surface area contributed by atoms with Gasteiger partial charge in [0.2, 0.25) is 0 Å². The lowest BCUT2D eigenvalue weighted by molar-refractivity contribution is 0.475. The third kappa shape index (κ3) is 2.31. The highest BCUT2D eigenvalue weighted by molar-refractivity contribution is 5.67. The van der Waals surface area contributed by atoms with E-state index in [-0.39, 0.29) is 0 Å². The summed E-state index contributed by atoms with van der Waals surface area (Å²) in [6.07, 6.45) is 4.10. The Labute approximate surface area is 95.7 Å². The fourth-order valence-corrected chi connectivity index (χ4v) is 1.67. The van der Waals surface area contributed by atoms with Crippen LogP contribution in [0.3, 0.4) is 0 Å². The van der Waals surface area contributed by atoms with Gasteiger partial charge >= 0.3 is 0 Å². The van der Waals surface area contributed by atoms with Crippen molar-refractivity contribution in [3.8, 4) is 16.9 Å². The second-order valence-corrected chi connectivity index (χ2v) is 3.67. The molecule has 1 nitrogen and oxygen atoms in total. The molecule has 0 spiro atoms. The molecule has 1 N–H and O–H groups in total. The highest BCUT2D eigenvalue weighted by atomic mass is 16.3. The molecule has 16 heavy (non-hydrogen) atoms. The molecule has 0 saturated heterocycles. The van der Waals surface area contributed by atoms with Gasteiger partial charge in [0.1, 0.15) is 5.75 Å². The lowest BCUT2D eigenvalue weighted by atomic mass is 10.0. The third-order valence-electron chi connectivity index (χ3n) is 2.45. The van der Waals surface area contributed by atoms with Gasteiger partial charge in [-0.1, -0.05) is 42.5 Å². The number of hydrogen-bond acceptors (Lipinski definition) is 1. The summed E-state index contributed by atoms with van der Waals surface area (Å²) in [5, 5.41) is 9.23. The average molecular weight is 210 g/mol. The highest BCUT2D eigenvalue weighted by Crippen LogP contribution is 2.23. The standard InChI is InChI=1S/C15H14O/c1-2-4-12-5-3-6-14(11-12)13-7-9-15(16)10-8-13/h2-11,16H,1H3/b4-2+. The zero-order valence-corrected chi connectivity index (χ0v) is 9.22. The van der Waals surface area contributed by atoms with E-state index < -0.39 is 0 Å². The zero-order chi connectivity index (χ0) is 11.4. The van der Waals surface area contributed by atoms with Gasteiger partial charge in [-0.3, -0.25) is 0 Å². The van der Waals surface area contributed by atoms with Gasteiger partial charge in [0.25, 0.3) is 0 Å². The maximum Gasteiger partial charge on any atom is 0.115 e. The number of rotatable bonds is 2. The van der Waals surface area contributed by atoms with Crippen molar-refractivity contribution in [3.63, 3.8) is 0 Å². The molecule has 0 fully saturated rings. The van der Waals surface area contributed by atoms with Gasteiger partial charge in [-0.25, -0.2) is 0 Å². The first-order valence-corrected chi connectivity index (χ1v) is 5.32. The Hall–Kier alpha value is -2.02. The van der Waals surface area contributed by atoms with Crippen molar-refractivity contribution in [2.24, 2.45) is 0 Å². The van der Waals surface area contributed by atoms with Crippen molar-refractivity contribution in [1.82, 2.24) is 0 Å². The monoisotopic (exact) mass is 210 g/mol. The molecule has 0 amide bonds. The van der Waals surface area contributed by atoms with Crippen molar-refractivity contribution in [1.29, 1.82) is 0 Å². The van der Waals surface area contributed by atoms with Crippen molar-refractivity contribution in [2.75, 3.05) is 0 Å². The smallest absolute Gasteiger partial charge is 0.115 e. The number of aromatic hydroxyl groups is 1. The van der Waals surface area contributed by atoms with Crippen LogP contribution < -0.4 is 0 Å². The second kappa shape index (κ2) is 4.67. The lowest BCUT2D eigenvalue weighted by Crippen LogP contribution is -1.78. The number of allylic oxidation sites excluding steroid dienone is 1.